The van der Waals surface area contributed by atoms with Crippen molar-refractivity contribution >= 4 is 41.4 Å². The average molecular weight is 452 g/mol. The SMILES string of the molecule is CCC1CN(C[C@H]2CN(c3ccc(C#N)c4ncccc34)C[C@@H](C)O2)CCN1.Cl.Cl. The first kappa shape index (κ1) is 24.6. The number of piperazine rings is 1. The van der Waals surface area contributed by atoms with Gasteiger partial charge in [0, 0.05) is 62.6 Å². The first-order chi connectivity index (χ1) is 13.7. The van der Waals surface area contributed by atoms with Crippen LogP contribution in [0.15, 0.2) is 30.5 Å². The largest absolute Gasteiger partial charge is 0.370 e. The molecule has 1 aromatic carbocycles. The molecule has 4 rings (SSSR count). The Kier molecular flexibility index (Phi) is 9.14. The third-order valence-electron chi connectivity index (χ3n) is 5.83. The van der Waals surface area contributed by atoms with Gasteiger partial charge >= 0.3 is 0 Å². The molecule has 0 spiro atoms. The summed E-state index contributed by atoms with van der Waals surface area (Å²) in [5.41, 5.74) is 2.56. The zero-order valence-corrected chi connectivity index (χ0v) is 19.2. The molecule has 2 saturated heterocycles. The van der Waals surface area contributed by atoms with Crippen molar-refractivity contribution in [1.29, 1.82) is 5.26 Å². The minimum absolute atomic E-state index is 0. The molecule has 164 valence electrons. The van der Waals surface area contributed by atoms with Gasteiger partial charge in [-0.3, -0.25) is 9.88 Å². The number of hydrogen-bond donors (Lipinski definition) is 1. The van der Waals surface area contributed by atoms with Crippen molar-refractivity contribution in [2.75, 3.05) is 44.2 Å². The Labute approximate surface area is 191 Å². The number of pyridine rings is 1. The molecule has 0 saturated carbocycles. The fourth-order valence-corrected chi connectivity index (χ4v) is 4.49. The molecule has 2 aliphatic rings. The second-order valence-electron chi connectivity index (χ2n) is 7.94. The number of nitrogens with zero attached hydrogens (tertiary/aromatic N) is 4. The average Bonchev–Trinajstić information content (AvgIpc) is 2.72. The van der Waals surface area contributed by atoms with Gasteiger partial charge < -0.3 is 15.0 Å². The normalized spacial score (nSPS) is 24.6. The highest BCUT2D eigenvalue weighted by atomic mass is 35.5. The summed E-state index contributed by atoms with van der Waals surface area (Å²) in [7, 11) is 0. The molecule has 3 atom stereocenters. The second-order valence-corrected chi connectivity index (χ2v) is 7.94. The van der Waals surface area contributed by atoms with E-state index in [2.05, 4.69) is 52.2 Å². The van der Waals surface area contributed by atoms with Crippen LogP contribution in [0.1, 0.15) is 25.8 Å². The Morgan fingerprint density at radius 3 is 2.83 bits per heavy atom. The quantitative estimate of drug-likeness (QED) is 0.769. The Morgan fingerprint density at radius 2 is 2.07 bits per heavy atom. The minimum Gasteiger partial charge on any atom is -0.370 e. The van der Waals surface area contributed by atoms with E-state index in [1.807, 2.05) is 12.1 Å². The summed E-state index contributed by atoms with van der Waals surface area (Å²) < 4.78 is 6.29. The molecule has 0 bridgehead atoms. The maximum Gasteiger partial charge on any atom is 0.101 e. The number of aromatic nitrogens is 1. The van der Waals surface area contributed by atoms with E-state index in [0.717, 1.165) is 62.3 Å². The number of hydrogen-bond acceptors (Lipinski definition) is 6. The van der Waals surface area contributed by atoms with Crippen LogP contribution in [0.4, 0.5) is 5.69 Å². The third kappa shape index (κ3) is 5.35. The van der Waals surface area contributed by atoms with Crippen molar-refractivity contribution in [1.82, 2.24) is 15.2 Å². The number of fused-ring (bicyclic) bond motifs is 1. The van der Waals surface area contributed by atoms with E-state index in [9.17, 15) is 5.26 Å². The van der Waals surface area contributed by atoms with Gasteiger partial charge in [0.25, 0.3) is 0 Å². The van der Waals surface area contributed by atoms with Crippen molar-refractivity contribution in [3.63, 3.8) is 0 Å². The van der Waals surface area contributed by atoms with Crippen LogP contribution in [-0.2, 0) is 4.74 Å². The molecular formula is C22H31Cl2N5O. The summed E-state index contributed by atoms with van der Waals surface area (Å²) in [6.45, 7) is 10.3. The van der Waals surface area contributed by atoms with Gasteiger partial charge in [0.15, 0.2) is 0 Å². The lowest BCUT2D eigenvalue weighted by Crippen LogP contribution is -2.56. The van der Waals surface area contributed by atoms with Crippen LogP contribution in [0, 0.1) is 11.3 Å². The predicted octanol–water partition coefficient (Wildman–Crippen LogP) is 3.23. The zero-order chi connectivity index (χ0) is 19.5. The first-order valence-electron chi connectivity index (χ1n) is 10.3. The van der Waals surface area contributed by atoms with Crippen molar-refractivity contribution in [3.05, 3.63) is 36.0 Å². The predicted molar refractivity (Wildman–Crippen MR) is 126 cm³/mol. The number of nitriles is 1. The summed E-state index contributed by atoms with van der Waals surface area (Å²) in [5.74, 6) is 0. The zero-order valence-electron chi connectivity index (χ0n) is 17.6. The molecule has 30 heavy (non-hydrogen) atoms. The van der Waals surface area contributed by atoms with Crippen LogP contribution in [0.5, 0.6) is 0 Å². The maximum atomic E-state index is 9.41. The van der Waals surface area contributed by atoms with Gasteiger partial charge in [-0.1, -0.05) is 6.92 Å². The molecule has 6 nitrogen and oxygen atoms in total. The topological polar surface area (TPSA) is 64.4 Å². The summed E-state index contributed by atoms with van der Waals surface area (Å²) >= 11 is 0. The summed E-state index contributed by atoms with van der Waals surface area (Å²) in [5, 5.41) is 14.0. The Balaban J connectivity index is 0.00000160. The van der Waals surface area contributed by atoms with Crippen LogP contribution < -0.4 is 10.2 Å². The van der Waals surface area contributed by atoms with Crippen molar-refractivity contribution in [3.8, 4) is 6.07 Å². The number of halogens is 2. The molecule has 0 amide bonds. The monoisotopic (exact) mass is 451 g/mol. The second kappa shape index (κ2) is 11.1. The van der Waals surface area contributed by atoms with Gasteiger partial charge in [-0.25, -0.2) is 0 Å². The number of benzene rings is 1. The number of nitrogens with one attached hydrogen (secondary N) is 1. The molecule has 8 heteroatoms. The number of morpholine rings is 1. The lowest BCUT2D eigenvalue weighted by atomic mass is 10.1. The molecule has 1 aromatic heterocycles. The van der Waals surface area contributed by atoms with E-state index in [1.165, 1.54) is 0 Å². The minimum atomic E-state index is 0. The maximum absolute atomic E-state index is 9.41. The van der Waals surface area contributed by atoms with Crippen LogP contribution in [0.25, 0.3) is 10.9 Å². The summed E-state index contributed by atoms with van der Waals surface area (Å²) in [6.07, 6.45) is 3.27. The van der Waals surface area contributed by atoms with Gasteiger partial charge in [-0.05, 0) is 37.6 Å². The van der Waals surface area contributed by atoms with Gasteiger partial charge in [-0.15, -0.1) is 24.8 Å². The Bertz CT molecular complexity index is 874. The van der Waals surface area contributed by atoms with Crippen molar-refractivity contribution in [2.45, 2.75) is 38.5 Å². The van der Waals surface area contributed by atoms with Gasteiger partial charge in [0.2, 0.25) is 0 Å². The van der Waals surface area contributed by atoms with Crippen molar-refractivity contribution in [2.24, 2.45) is 0 Å². The third-order valence-corrected chi connectivity index (χ3v) is 5.83. The highest BCUT2D eigenvalue weighted by Gasteiger charge is 2.29. The highest BCUT2D eigenvalue weighted by Crippen LogP contribution is 2.30. The molecule has 2 aliphatic heterocycles. The number of rotatable bonds is 4. The van der Waals surface area contributed by atoms with Crippen LogP contribution >= 0.6 is 24.8 Å². The molecule has 1 N–H and O–H groups in total. The summed E-state index contributed by atoms with van der Waals surface area (Å²) in [6, 6.07) is 10.8. The van der Waals surface area contributed by atoms with E-state index < -0.39 is 0 Å². The Hall–Kier alpha value is -1.62. The lowest BCUT2D eigenvalue weighted by molar-refractivity contribution is -0.0353. The van der Waals surface area contributed by atoms with E-state index in [4.69, 9.17) is 4.74 Å². The fourth-order valence-electron chi connectivity index (χ4n) is 4.49. The first-order valence-corrected chi connectivity index (χ1v) is 10.3. The van der Waals surface area contributed by atoms with Crippen LogP contribution in [0.3, 0.4) is 0 Å². The molecule has 2 fully saturated rings. The van der Waals surface area contributed by atoms with E-state index in [1.54, 1.807) is 6.20 Å². The fraction of sp³-hybridized carbons (Fsp3) is 0.545. The van der Waals surface area contributed by atoms with Gasteiger partial charge in [-0.2, -0.15) is 5.26 Å². The van der Waals surface area contributed by atoms with Crippen LogP contribution in [-0.4, -0.2) is 67.4 Å². The molecular weight excluding hydrogens is 421 g/mol. The molecule has 0 aliphatic carbocycles. The molecule has 1 unspecified atom stereocenters. The molecule has 3 heterocycles. The Morgan fingerprint density at radius 1 is 1.23 bits per heavy atom. The lowest BCUT2D eigenvalue weighted by Gasteiger charge is -2.42. The van der Waals surface area contributed by atoms with Crippen molar-refractivity contribution < 1.29 is 4.74 Å². The van der Waals surface area contributed by atoms with E-state index in [0.29, 0.717) is 11.6 Å². The highest BCUT2D eigenvalue weighted by molar-refractivity contribution is 5.95. The standard InChI is InChI=1S/C22H29N5O.2ClH/c1-3-18-13-26(10-9-24-18)14-19-15-27(12-16(2)28-19)21-7-6-17(11-23)22-20(21)5-4-8-25-22;;/h4-8,16,18-19,24H,3,9-10,12-15H2,1-2H3;2*1H/t16-,18?,19+;;/m1../s1. The molecule has 2 aromatic rings. The van der Waals surface area contributed by atoms with E-state index in [-0.39, 0.29) is 37.0 Å². The van der Waals surface area contributed by atoms with Crippen LogP contribution in [0.2, 0.25) is 0 Å². The number of ether oxygens (including phenoxy) is 1. The smallest absolute Gasteiger partial charge is 0.101 e. The van der Waals surface area contributed by atoms with Gasteiger partial charge in [0.1, 0.15) is 6.07 Å². The number of anilines is 1. The van der Waals surface area contributed by atoms with E-state index >= 15 is 0 Å². The summed E-state index contributed by atoms with van der Waals surface area (Å²) in [4.78, 5) is 9.40. The van der Waals surface area contributed by atoms with Gasteiger partial charge in [0.05, 0.1) is 23.3 Å². The molecule has 0 radical (unpaired) electrons.